The molecule has 5 nitrogen and oxygen atoms in total. The van der Waals surface area contributed by atoms with Crippen LogP contribution in [0.5, 0.6) is 0 Å². The molecule has 2 N–H and O–H groups in total. The Labute approximate surface area is 171 Å². The lowest BCUT2D eigenvalue weighted by molar-refractivity contribution is -0.147. The number of fused-ring (bicyclic) bond motifs is 1. The molecule has 0 radical (unpaired) electrons. The van der Waals surface area contributed by atoms with Crippen molar-refractivity contribution in [2.75, 3.05) is 31.5 Å². The number of benzene rings is 1. The van der Waals surface area contributed by atoms with Gasteiger partial charge in [-0.1, -0.05) is 18.9 Å². The lowest BCUT2D eigenvalue weighted by Crippen LogP contribution is -2.52. The van der Waals surface area contributed by atoms with E-state index in [1.165, 1.54) is 18.6 Å². The van der Waals surface area contributed by atoms with Gasteiger partial charge in [-0.25, -0.2) is 4.39 Å². The number of halogens is 2. The quantitative estimate of drug-likeness (QED) is 0.805. The summed E-state index contributed by atoms with van der Waals surface area (Å²) in [5, 5.41) is 6.24. The van der Waals surface area contributed by atoms with E-state index in [0.29, 0.717) is 43.4 Å². The molecule has 4 rings (SSSR count). The molecule has 154 valence electrons. The standard InChI is InChI=1S/C21H28FN3O2.ClH/c22-17-5-3-6-18(12-17)24-19(26)15-7-10-25(11-8-15)20(27)21-9-2-1-4-16(21)13-23-14-21;/h3,5-6,12,15-16,23H,1-2,4,7-11,13-14H2,(H,24,26);1H/t16-,21+;/m0./s1. The van der Waals surface area contributed by atoms with E-state index < -0.39 is 0 Å². The second-order valence-electron chi connectivity index (χ2n) is 8.30. The summed E-state index contributed by atoms with van der Waals surface area (Å²) >= 11 is 0. The number of hydrogen-bond acceptors (Lipinski definition) is 3. The number of nitrogens with zero attached hydrogens (tertiary/aromatic N) is 1. The maximum atomic E-state index is 13.3. The lowest BCUT2D eigenvalue weighted by Gasteiger charge is -2.42. The Balaban J connectivity index is 0.00000225. The average Bonchev–Trinajstić information content (AvgIpc) is 3.13. The summed E-state index contributed by atoms with van der Waals surface area (Å²) in [4.78, 5) is 27.8. The molecular weight excluding hydrogens is 381 g/mol. The zero-order valence-electron chi connectivity index (χ0n) is 16.1. The van der Waals surface area contributed by atoms with Crippen molar-refractivity contribution in [2.24, 2.45) is 17.3 Å². The third kappa shape index (κ3) is 4.03. The van der Waals surface area contributed by atoms with Gasteiger partial charge in [0.05, 0.1) is 5.41 Å². The molecule has 3 aliphatic rings. The Morgan fingerprint density at radius 3 is 2.71 bits per heavy atom. The molecule has 0 aromatic heterocycles. The molecule has 7 heteroatoms. The van der Waals surface area contributed by atoms with Gasteiger partial charge in [0, 0.05) is 31.2 Å². The maximum Gasteiger partial charge on any atom is 0.230 e. The van der Waals surface area contributed by atoms with Crippen molar-refractivity contribution in [2.45, 2.75) is 38.5 Å². The van der Waals surface area contributed by atoms with E-state index in [1.807, 2.05) is 4.90 Å². The number of nitrogens with one attached hydrogen (secondary N) is 2. The number of amides is 2. The molecule has 0 bridgehead atoms. The first-order chi connectivity index (χ1) is 13.1. The van der Waals surface area contributed by atoms with E-state index in [1.54, 1.807) is 12.1 Å². The molecule has 1 aromatic carbocycles. The summed E-state index contributed by atoms with van der Waals surface area (Å²) in [5.74, 6) is 0.191. The third-order valence-corrected chi connectivity index (χ3v) is 6.71. The molecule has 1 aromatic rings. The van der Waals surface area contributed by atoms with Gasteiger partial charge in [0.25, 0.3) is 0 Å². The highest BCUT2D eigenvalue weighted by atomic mass is 35.5. The molecule has 0 spiro atoms. The van der Waals surface area contributed by atoms with Crippen molar-refractivity contribution >= 4 is 29.9 Å². The number of piperidine rings is 1. The van der Waals surface area contributed by atoms with Crippen molar-refractivity contribution in [1.82, 2.24) is 10.2 Å². The number of anilines is 1. The maximum absolute atomic E-state index is 13.3. The van der Waals surface area contributed by atoms with E-state index in [4.69, 9.17) is 0 Å². The number of hydrogen-bond donors (Lipinski definition) is 2. The molecule has 3 fully saturated rings. The van der Waals surface area contributed by atoms with Crippen molar-refractivity contribution in [3.63, 3.8) is 0 Å². The van der Waals surface area contributed by atoms with Crippen LogP contribution in [0.3, 0.4) is 0 Å². The molecule has 2 saturated heterocycles. The molecule has 28 heavy (non-hydrogen) atoms. The van der Waals surface area contributed by atoms with Gasteiger partial charge in [0.15, 0.2) is 0 Å². The van der Waals surface area contributed by atoms with Gasteiger partial charge in [-0.05, 0) is 56.3 Å². The topological polar surface area (TPSA) is 61.4 Å². The first kappa shape index (κ1) is 21.1. The zero-order valence-corrected chi connectivity index (χ0v) is 16.9. The molecule has 1 aliphatic carbocycles. The lowest BCUT2D eigenvalue weighted by atomic mass is 9.67. The van der Waals surface area contributed by atoms with Crippen LogP contribution in [0.4, 0.5) is 10.1 Å². The summed E-state index contributed by atoms with van der Waals surface area (Å²) < 4.78 is 13.3. The number of likely N-dealkylation sites (tertiary alicyclic amines) is 1. The summed E-state index contributed by atoms with van der Waals surface area (Å²) in [6.45, 7) is 3.03. The average molecular weight is 410 g/mol. The van der Waals surface area contributed by atoms with Crippen LogP contribution >= 0.6 is 12.4 Å². The van der Waals surface area contributed by atoms with Gasteiger partial charge >= 0.3 is 0 Å². The summed E-state index contributed by atoms with van der Waals surface area (Å²) in [6.07, 6.45) is 5.83. The van der Waals surface area contributed by atoms with Gasteiger partial charge < -0.3 is 15.5 Å². The van der Waals surface area contributed by atoms with E-state index in [0.717, 1.165) is 32.4 Å². The van der Waals surface area contributed by atoms with Crippen molar-refractivity contribution in [3.05, 3.63) is 30.1 Å². The Kier molecular flexibility index (Phi) is 6.61. The zero-order chi connectivity index (χ0) is 18.9. The molecule has 2 heterocycles. The Morgan fingerprint density at radius 2 is 1.96 bits per heavy atom. The number of carbonyl (C=O) groups excluding carboxylic acids is 2. The fraction of sp³-hybridized carbons (Fsp3) is 0.619. The Morgan fingerprint density at radius 1 is 1.18 bits per heavy atom. The van der Waals surface area contributed by atoms with E-state index in [2.05, 4.69) is 10.6 Å². The molecule has 0 unspecified atom stereocenters. The summed E-state index contributed by atoms with van der Waals surface area (Å²) in [7, 11) is 0. The minimum atomic E-state index is -0.361. The van der Waals surface area contributed by atoms with E-state index in [9.17, 15) is 14.0 Å². The van der Waals surface area contributed by atoms with Crippen LogP contribution < -0.4 is 10.6 Å². The van der Waals surface area contributed by atoms with Crippen LogP contribution in [0.2, 0.25) is 0 Å². The first-order valence-electron chi connectivity index (χ1n) is 10.1. The molecular formula is C21H29ClFN3O2. The molecule has 2 aliphatic heterocycles. The highest BCUT2D eigenvalue weighted by Gasteiger charge is 2.51. The van der Waals surface area contributed by atoms with Crippen LogP contribution in [-0.2, 0) is 9.59 Å². The van der Waals surface area contributed by atoms with Crippen molar-refractivity contribution in [3.8, 4) is 0 Å². The predicted molar refractivity (Wildman–Crippen MR) is 109 cm³/mol. The highest BCUT2D eigenvalue weighted by molar-refractivity contribution is 5.93. The third-order valence-electron chi connectivity index (χ3n) is 6.71. The second-order valence-corrected chi connectivity index (χ2v) is 8.30. The minimum Gasteiger partial charge on any atom is -0.342 e. The first-order valence-corrected chi connectivity index (χ1v) is 10.1. The van der Waals surface area contributed by atoms with Gasteiger partial charge in [0.2, 0.25) is 11.8 Å². The minimum absolute atomic E-state index is 0. The highest BCUT2D eigenvalue weighted by Crippen LogP contribution is 2.45. The molecule has 1 saturated carbocycles. The van der Waals surface area contributed by atoms with E-state index >= 15 is 0 Å². The summed E-state index contributed by atoms with van der Waals surface area (Å²) in [5.41, 5.74) is 0.272. The predicted octanol–water partition coefficient (Wildman–Crippen LogP) is 3.20. The number of carbonyl (C=O) groups is 2. The van der Waals surface area contributed by atoms with Crippen LogP contribution in [-0.4, -0.2) is 42.9 Å². The van der Waals surface area contributed by atoms with Crippen LogP contribution in [0.1, 0.15) is 38.5 Å². The SMILES string of the molecule is Cl.O=C(Nc1cccc(F)c1)C1CCN(C(=O)[C@@]23CCCC[C@H]2CNC3)CC1. The Hall–Kier alpha value is -1.66. The largest absolute Gasteiger partial charge is 0.342 e. The molecule has 2 atom stereocenters. The monoisotopic (exact) mass is 409 g/mol. The second kappa shape index (κ2) is 8.78. The summed E-state index contributed by atoms with van der Waals surface area (Å²) in [6, 6.07) is 5.96. The van der Waals surface area contributed by atoms with Gasteiger partial charge in [0.1, 0.15) is 5.82 Å². The van der Waals surface area contributed by atoms with Crippen molar-refractivity contribution < 1.29 is 14.0 Å². The van der Waals surface area contributed by atoms with Crippen LogP contribution in [0.15, 0.2) is 24.3 Å². The number of rotatable bonds is 3. The fourth-order valence-electron chi connectivity index (χ4n) is 5.14. The Bertz CT molecular complexity index is 723. The van der Waals surface area contributed by atoms with Gasteiger partial charge in [-0.15, -0.1) is 12.4 Å². The fourth-order valence-corrected chi connectivity index (χ4v) is 5.14. The normalized spacial score (nSPS) is 27.6. The van der Waals surface area contributed by atoms with Gasteiger partial charge in [-0.2, -0.15) is 0 Å². The smallest absolute Gasteiger partial charge is 0.230 e. The molecule has 2 amide bonds. The van der Waals surface area contributed by atoms with E-state index in [-0.39, 0.29) is 35.5 Å². The van der Waals surface area contributed by atoms with Gasteiger partial charge in [-0.3, -0.25) is 9.59 Å². The van der Waals surface area contributed by atoms with Crippen LogP contribution in [0, 0.1) is 23.1 Å². The van der Waals surface area contributed by atoms with Crippen molar-refractivity contribution in [1.29, 1.82) is 0 Å². The van der Waals surface area contributed by atoms with Crippen LogP contribution in [0.25, 0.3) is 0 Å².